The maximum absolute atomic E-state index is 12.8. The average molecular weight is 403 g/mol. The maximum Gasteiger partial charge on any atom is 0.143 e. The molecule has 0 heterocycles. The second kappa shape index (κ2) is 7.20. The lowest BCUT2D eigenvalue weighted by Gasteiger charge is -2.08. The number of rotatable bonds is 5. The summed E-state index contributed by atoms with van der Waals surface area (Å²) in [7, 11) is 0. The Bertz CT molecular complexity index is 564. The summed E-state index contributed by atoms with van der Waals surface area (Å²) in [5, 5.41) is 13.0. The lowest BCUT2D eigenvalue weighted by atomic mass is 10.1. The van der Waals surface area contributed by atoms with Crippen molar-refractivity contribution < 1.29 is 9.50 Å². The van der Waals surface area contributed by atoms with Crippen molar-refractivity contribution in [2.75, 3.05) is 6.54 Å². The van der Waals surface area contributed by atoms with Crippen LogP contribution in [-0.4, -0.2) is 11.7 Å². The first-order chi connectivity index (χ1) is 9.56. The van der Waals surface area contributed by atoms with Crippen LogP contribution in [0.15, 0.2) is 45.3 Å². The van der Waals surface area contributed by atoms with Crippen LogP contribution in [0.3, 0.4) is 0 Å². The summed E-state index contributed by atoms with van der Waals surface area (Å²) in [6, 6.07) is 10.3. The summed E-state index contributed by atoms with van der Waals surface area (Å²) in [6.07, 6.45) is 0.848. The quantitative estimate of drug-likeness (QED) is 0.727. The van der Waals surface area contributed by atoms with Crippen LogP contribution in [0.4, 0.5) is 4.39 Å². The molecule has 0 fully saturated rings. The third-order valence-corrected chi connectivity index (χ3v) is 4.12. The van der Waals surface area contributed by atoms with Gasteiger partial charge < -0.3 is 10.4 Å². The molecule has 0 aromatic heterocycles. The average Bonchev–Trinajstić information content (AvgIpc) is 2.43. The van der Waals surface area contributed by atoms with Crippen LogP contribution >= 0.6 is 31.9 Å². The van der Waals surface area contributed by atoms with E-state index in [1.807, 2.05) is 12.1 Å². The summed E-state index contributed by atoms with van der Waals surface area (Å²) >= 11 is 6.61. The van der Waals surface area contributed by atoms with E-state index < -0.39 is 0 Å². The highest BCUT2D eigenvalue weighted by Gasteiger charge is 2.05. The summed E-state index contributed by atoms with van der Waals surface area (Å²) in [5.41, 5.74) is 2.17. The number of benzene rings is 2. The van der Waals surface area contributed by atoms with E-state index in [4.69, 9.17) is 0 Å². The van der Waals surface area contributed by atoms with Crippen molar-refractivity contribution in [2.24, 2.45) is 0 Å². The molecule has 2 aromatic carbocycles. The van der Waals surface area contributed by atoms with E-state index >= 15 is 0 Å². The molecule has 0 aliphatic carbocycles. The minimum atomic E-state index is -0.208. The molecule has 0 radical (unpaired) electrons. The van der Waals surface area contributed by atoms with Crippen molar-refractivity contribution in [3.8, 4) is 5.75 Å². The first-order valence-corrected chi connectivity index (χ1v) is 7.77. The zero-order valence-corrected chi connectivity index (χ0v) is 13.8. The van der Waals surface area contributed by atoms with E-state index in [9.17, 15) is 9.50 Å². The number of halogens is 3. The molecule has 0 amide bonds. The van der Waals surface area contributed by atoms with Gasteiger partial charge in [-0.25, -0.2) is 4.39 Å². The fourth-order valence-corrected chi connectivity index (χ4v) is 3.12. The van der Waals surface area contributed by atoms with Gasteiger partial charge in [-0.1, -0.05) is 12.1 Å². The zero-order valence-electron chi connectivity index (χ0n) is 10.7. The number of phenolic OH excluding ortho intramolecular Hbond substituents is 1. The van der Waals surface area contributed by atoms with Crippen LogP contribution < -0.4 is 5.32 Å². The van der Waals surface area contributed by atoms with Crippen molar-refractivity contribution in [3.63, 3.8) is 0 Å². The molecular weight excluding hydrogens is 389 g/mol. The fraction of sp³-hybridized carbons (Fsp3) is 0.200. The second-order valence-electron chi connectivity index (χ2n) is 4.46. The molecule has 0 spiro atoms. The van der Waals surface area contributed by atoms with Crippen molar-refractivity contribution in [1.82, 2.24) is 5.32 Å². The van der Waals surface area contributed by atoms with Gasteiger partial charge in [0.15, 0.2) is 0 Å². The minimum absolute atomic E-state index is 0.208. The highest BCUT2D eigenvalue weighted by Crippen LogP contribution is 2.33. The molecule has 2 aromatic rings. The molecule has 0 atom stereocenters. The largest absolute Gasteiger partial charge is 0.506 e. The second-order valence-corrected chi connectivity index (χ2v) is 6.17. The Hall–Kier alpha value is -0.910. The van der Waals surface area contributed by atoms with Crippen LogP contribution in [0.5, 0.6) is 5.75 Å². The Kier molecular flexibility index (Phi) is 5.57. The topological polar surface area (TPSA) is 32.3 Å². The SMILES string of the molecule is Oc1c(Br)cc(CNCCc2ccc(F)cc2)cc1Br. The number of phenols is 1. The van der Waals surface area contributed by atoms with Gasteiger partial charge in [-0.15, -0.1) is 0 Å². The molecular formula is C15H14Br2FNO. The normalized spacial score (nSPS) is 10.8. The first kappa shape index (κ1) is 15.5. The van der Waals surface area contributed by atoms with Gasteiger partial charge in [-0.2, -0.15) is 0 Å². The smallest absolute Gasteiger partial charge is 0.143 e. The van der Waals surface area contributed by atoms with Gasteiger partial charge >= 0.3 is 0 Å². The van der Waals surface area contributed by atoms with Gasteiger partial charge in [-0.3, -0.25) is 0 Å². The predicted octanol–water partition coefficient (Wildman–Crippen LogP) is 4.39. The molecule has 0 bridgehead atoms. The van der Waals surface area contributed by atoms with Gasteiger partial charge in [0.25, 0.3) is 0 Å². The molecule has 20 heavy (non-hydrogen) atoms. The monoisotopic (exact) mass is 401 g/mol. The van der Waals surface area contributed by atoms with Crippen molar-refractivity contribution in [2.45, 2.75) is 13.0 Å². The third kappa shape index (κ3) is 4.30. The Labute approximate surface area is 134 Å². The molecule has 0 unspecified atom stereocenters. The van der Waals surface area contributed by atoms with Crippen LogP contribution in [-0.2, 0) is 13.0 Å². The maximum atomic E-state index is 12.8. The number of hydrogen-bond acceptors (Lipinski definition) is 2. The van der Waals surface area contributed by atoms with E-state index in [1.54, 1.807) is 12.1 Å². The predicted molar refractivity (Wildman–Crippen MR) is 85.3 cm³/mol. The number of nitrogens with one attached hydrogen (secondary N) is 1. The number of aromatic hydroxyl groups is 1. The lowest BCUT2D eigenvalue weighted by Crippen LogP contribution is -2.16. The number of hydrogen-bond donors (Lipinski definition) is 2. The summed E-state index contributed by atoms with van der Waals surface area (Å²) in [5.74, 6) is 0.000523. The van der Waals surface area contributed by atoms with Crippen LogP contribution in [0.25, 0.3) is 0 Å². The zero-order chi connectivity index (χ0) is 14.5. The standard InChI is InChI=1S/C15H14Br2FNO/c16-13-7-11(8-14(17)15(13)20)9-19-6-5-10-1-3-12(18)4-2-10/h1-4,7-8,19-20H,5-6,9H2. The van der Waals surface area contributed by atoms with Crippen molar-refractivity contribution in [3.05, 3.63) is 62.3 Å². The molecule has 0 aliphatic heterocycles. The summed E-state index contributed by atoms with van der Waals surface area (Å²) in [4.78, 5) is 0. The van der Waals surface area contributed by atoms with E-state index in [-0.39, 0.29) is 11.6 Å². The Morgan fingerprint density at radius 2 is 1.60 bits per heavy atom. The highest BCUT2D eigenvalue weighted by atomic mass is 79.9. The van der Waals surface area contributed by atoms with Crippen molar-refractivity contribution >= 4 is 31.9 Å². The van der Waals surface area contributed by atoms with E-state index in [1.165, 1.54) is 12.1 Å². The van der Waals surface area contributed by atoms with Crippen molar-refractivity contribution in [1.29, 1.82) is 0 Å². The lowest BCUT2D eigenvalue weighted by molar-refractivity contribution is 0.468. The Morgan fingerprint density at radius 1 is 1.00 bits per heavy atom. The summed E-state index contributed by atoms with van der Waals surface area (Å²) < 4.78 is 14.1. The summed E-state index contributed by atoms with van der Waals surface area (Å²) in [6.45, 7) is 1.51. The van der Waals surface area contributed by atoms with E-state index in [0.29, 0.717) is 15.5 Å². The van der Waals surface area contributed by atoms with Crippen LogP contribution in [0, 0.1) is 5.82 Å². The van der Waals surface area contributed by atoms with E-state index in [2.05, 4.69) is 37.2 Å². The van der Waals surface area contributed by atoms with Gasteiger partial charge in [0.2, 0.25) is 0 Å². The molecule has 2 N–H and O–H groups in total. The molecule has 106 valence electrons. The van der Waals surface area contributed by atoms with E-state index in [0.717, 1.165) is 24.1 Å². The first-order valence-electron chi connectivity index (χ1n) is 6.18. The molecule has 0 saturated heterocycles. The van der Waals surface area contributed by atoms with Gasteiger partial charge in [0, 0.05) is 6.54 Å². The van der Waals surface area contributed by atoms with Gasteiger partial charge in [-0.05, 0) is 80.2 Å². The fourth-order valence-electron chi connectivity index (χ4n) is 1.84. The highest BCUT2D eigenvalue weighted by molar-refractivity contribution is 9.11. The minimum Gasteiger partial charge on any atom is -0.506 e. The molecule has 0 saturated carbocycles. The van der Waals surface area contributed by atoms with Crippen LogP contribution in [0.1, 0.15) is 11.1 Å². The molecule has 2 rings (SSSR count). The third-order valence-electron chi connectivity index (χ3n) is 2.91. The van der Waals surface area contributed by atoms with Gasteiger partial charge in [0.1, 0.15) is 11.6 Å². The Balaban J connectivity index is 1.83. The molecule has 2 nitrogen and oxygen atoms in total. The van der Waals surface area contributed by atoms with Gasteiger partial charge in [0.05, 0.1) is 8.95 Å². The van der Waals surface area contributed by atoms with Crippen LogP contribution in [0.2, 0.25) is 0 Å². The Morgan fingerprint density at radius 3 is 2.20 bits per heavy atom. The molecule has 0 aliphatic rings. The molecule has 5 heteroatoms.